The normalized spacial score (nSPS) is 18.5. The average molecular weight is 308 g/mol. The fourth-order valence-electron chi connectivity index (χ4n) is 2.95. The van der Waals surface area contributed by atoms with E-state index in [0.717, 1.165) is 5.56 Å². The minimum atomic E-state index is -1.02. The van der Waals surface area contributed by atoms with Crippen LogP contribution in [0.1, 0.15) is 37.8 Å². The number of fused-ring (bicyclic) bond motifs is 1. The topological polar surface area (TPSA) is 104 Å². The van der Waals surface area contributed by atoms with Gasteiger partial charge in [0.05, 0.1) is 4.92 Å². The molecule has 120 valence electrons. The Labute approximate surface area is 128 Å². The average Bonchev–Trinajstić information content (AvgIpc) is 2.58. The Kier molecular flexibility index (Phi) is 4.00. The van der Waals surface area contributed by atoms with Crippen molar-refractivity contribution in [3.8, 4) is 5.75 Å². The number of nitro benzene ring substituents is 1. The van der Waals surface area contributed by atoms with E-state index in [-0.39, 0.29) is 35.7 Å². The number of nitrogens with zero attached hydrogens (tertiary/aromatic N) is 2. The maximum Gasteiger partial charge on any atom is 0.407 e. The molecule has 22 heavy (non-hydrogen) atoms. The summed E-state index contributed by atoms with van der Waals surface area (Å²) in [7, 11) is 0. The number of amides is 1. The van der Waals surface area contributed by atoms with Gasteiger partial charge in [-0.1, -0.05) is 26.8 Å². The van der Waals surface area contributed by atoms with Crippen LogP contribution >= 0.6 is 0 Å². The summed E-state index contributed by atoms with van der Waals surface area (Å²) in [6.45, 7) is 6.49. The second-order valence-electron chi connectivity index (χ2n) is 6.66. The third kappa shape index (κ3) is 2.84. The molecule has 1 heterocycles. The molecule has 1 aliphatic heterocycles. The molecule has 0 saturated carbocycles. The molecule has 0 bridgehead atoms. The number of aromatic hydroxyl groups is 1. The molecule has 0 aliphatic carbocycles. The van der Waals surface area contributed by atoms with Crippen molar-refractivity contribution >= 4 is 11.8 Å². The largest absolute Gasteiger partial charge is 0.502 e. The van der Waals surface area contributed by atoms with Crippen molar-refractivity contribution in [3.63, 3.8) is 0 Å². The van der Waals surface area contributed by atoms with E-state index in [9.17, 15) is 25.1 Å². The lowest BCUT2D eigenvalue weighted by Crippen LogP contribution is -2.36. The van der Waals surface area contributed by atoms with E-state index < -0.39 is 11.0 Å². The van der Waals surface area contributed by atoms with Gasteiger partial charge < -0.3 is 15.1 Å². The van der Waals surface area contributed by atoms with Crippen LogP contribution in [-0.4, -0.2) is 39.2 Å². The van der Waals surface area contributed by atoms with E-state index in [4.69, 9.17) is 0 Å². The van der Waals surface area contributed by atoms with Crippen molar-refractivity contribution in [2.75, 3.05) is 13.1 Å². The van der Waals surface area contributed by atoms with E-state index in [0.29, 0.717) is 12.1 Å². The second kappa shape index (κ2) is 5.47. The van der Waals surface area contributed by atoms with Crippen LogP contribution in [0.15, 0.2) is 12.1 Å². The zero-order chi connectivity index (χ0) is 16.7. The summed E-state index contributed by atoms with van der Waals surface area (Å²) in [5, 5.41) is 30.5. The predicted octanol–water partition coefficient (Wildman–Crippen LogP) is 2.97. The highest BCUT2D eigenvalue weighted by Crippen LogP contribution is 2.44. The number of carbonyl (C=O) groups is 1. The third-order valence-corrected chi connectivity index (χ3v) is 4.22. The van der Waals surface area contributed by atoms with Gasteiger partial charge in [-0.3, -0.25) is 10.1 Å². The quantitative estimate of drug-likeness (QED) is 0.613. The molecule has 2 rings (SSSR count). The summed E-state index contributed by atoms with van der Waals surface area (Å²) in [5.74, 6) is -0.489. The Morgan fingerprint density at radius 2 is 2.05 bits per heavy atom. The zero-order valence-electron chi connectivity index (χ0n) is 12.9. The highest BCUT2D eigenvalue weighted by molar-refractivity contribution is 5.66. The molecule has 1 aromatic carbocycles. The number of rotatable bonds is 1. The van der Waals surface area contributed by atoms with Gasteiger partial charge >= 0.3 is 11.8 Å². The van der Waals surface area contributed by atoms with Gasteiger partial charge in [0.25, 0.3) is 0 Å². The number of nitro groups is 1. The molecule has 1 aromatic rings. The molecule has 1 aliphatic rings. The molecule has 0 radical (unpaired) electrons. The lowest BCUT2D eigenvalue weighted by atomic mass is 9.75. The van der Waals surface area contributed by atoms with Gasteiger partial charge in [-0.25, -0.2) is 4.79 Å². The van der Waals surface area contributed by atoms with E-state index in [1.54, 1.807) is 6.07 Å². The molecular formula is C15H20N2O5. The molecule has 0 spiro atoms. The monoisotopic (exact) mass is 308 g/mol. The summed E-state index contributed by atoms with van der Waals surface area (Å²) in [4.78, 5) is 23.0. The van der Waals surface area contributed by atoms with Gasteiger partial charge in [-0.15, -0.1) is 0 Å². The molecule has 0 fully saturated rings. The van der Waals surface area contributed by atoms with E-state index in [1.165, 1.54) is 11.0 Å². The molecule has 1 unspecified atom stereocenters. The molecule has 2 N–H and O–H groups in total. The molecule has 0 saturated heterocycles. The highest BCUT2D eigenvalue weighted by Gasteiger charge is 2.36. The first-order chi connectivity index (χ1) is 10.1. The third-order valence-electron chi connectivity index (χ3n) is 4.22. The molecule has 7 heteroatoms. The summed E-state index contributed by atoms with van der Waals surface area (Å²) in [5.41, 5.74) is 0.697. The fourth-order valence-corrected chi connectivity index (χ4v) is 2.95. The highest BCUT2D eigenvalue weighted by atomic mass is 16.6. The van der Waals surface area contributed by atoms with Gasteiger partial charge in [0.2, 0.25) is 0 Å². The Morgan fingerprint density at radius 1 is 1.41 bits per heavy atom. The Bertz CT molecular complexity index is 621. The van der Waals surface area contributed by atoms with Gasteiger partial charge in [0.15, 0.2) is 5.75 Å². The van der Waals surface area contributed by atoms with Crippen molar-refractivity contribution < 1.29 is 19.9 Å². The molecule has 1 atom stereocenters. The Balaban J connectivity index is 2.59. The summed E-state index contributed by atoms with van der Waals surface area (Å²) < 4.78 is 0. The standard InChI is InChI=1S/C15H20N2O5/c1-15(2,3)11-8-16(14(19)20)7-6-10-9(11)4-5-12(13(10)18)17(21)22/h4-5,11,18H,6-8H2,1-3H3,(H,19,20). The zero-order valence-corrected chi connectivity index (χ0v) is 12.9. The molecule has 0 aromatic heterocycles. The molecule has 7 nitrogen and oxygen atoms in total. The van der Waals surface area contributed by atoms with Crippen molar-refractivity contribution in [2.45, 2.75) is 33.1 Å². The minimum absolute atomic E-state index is 0.146. The predicted molar refractivity (Wildman–Crippen MR) is 80.3 cm³/mol. The van der Waals surface area contributed by atoms with Crippen LogP contribution < -0.4 is 0 Å². The van der Waals surface area contributed by atoms with Gasteiger partial charge in [0, 0.05) is 30.6 Å². The maximum absolute atomic E-state index is 11.3. The number of phenols is 1. The summed E-state index contributed by atoms with van der Waals surface area (Å²) in [6, 6.07) is 2.94. The molecule has 1 amide bonds. The number of hydrogen-bond acceptors (Lipinski definition) is 4. The summed E-state index contributed by atoms with van der Waals surface area (Å²) >= 11 is 0. The molecular weight excluding hydrogens is 288 g/mol. The van der Waals surface area contributed by atoms with Crippen LogP contribution in [0.25, 0.3) is 0 Å². The second-order valence-corrected chi connectivity index (χ2v) is 6.66. The Hall–Kier alpha value is -2.31. The van der Waals surface area contributed by atoms with Gasteiger partial charge in [-0.05, 0) is 17.4 Å². The van der Waals surface area contributed by atoms with Crippen LogP contribution in [0.5, 0.6) is 5.75 Å². The van der Waals surface area contributed by atoms with Crippen molar-refractivity contribution in [1.29, 1.82) is 0 Å². The minimum Gasteiger partial charge on any atom is -0.502 e. The van der Waals surface area contributed by atoms with Crippen molar-refractivity contribution in [1.82, 2.24) is 4.90 Å². The first-order valence-corrected chi connectivity index (χ1v) is 7.10. The van der Waals surface area contributed by atoms with Crippen LogP contribution in [0.3, 0.4) is 0 Å². The fraction of sp³-hybridized carbons (Fsp3) is 0.533. The smallest absolute Gasteiger partial charge is 0.407 e. The lowest BCUT2D eigenvalue weighted by Gasteiger charge is -2.33. The number of phenolic OH excluding ortho intramolecular Hbond substituents is 1. The van der Waals surface area contributed by atoms with Crippen LogP contribution in [0.4, 0.5) is 10.5 Å². The van der Waals surface area contributed by atoms with Crippen LogP contribution in [0, 0.1) is 15.5 Å². The van der Waals surface area contributed by atoms with E-state index in [2.05, 4.69) is 0 Å². The van der Waals surface area contributed by atoms with Crippen LogP contribution in [-0.2, 0) is 6.42 Å². The van der Waals surface area contributed by atoms with Crippen LogP contribution in [0.2, 0.25) is 0 Å². The van der Waals surface area contributed by atoms with Crippen molar-refractivity contribution in [3.05, 3.63) is 33.4 Å². The maximum atomic E-state index is 11.3. The first-order valence-electron chi connectivity index (χ1n) is 7.10. The Morgan fingerprint density at radius 3 is 2.55 bits per heavy atom. The van der Waals surface area contributed by atoms with E-state index in [1.807, 2.05) is 20.8 Å². The SMILES string of the molecule is CC(C)(C)C1CN(C(=O)O)CCc2c1ccc([N+](=O)[O-])c2O. The number of hydrogen-bond donors (Lipinski definition) is 2. The number of carboxylic acid groups (broad SMARTS) is 1. The van der Waals surface area contributed by atoms with Crippen molar-refractivity contribution in [2.24, 2.45) is 5.41 Å². The first kappa shape index (κ1) is 16.1. The van der Waals surface area contributed by atoms with Gasteiger partial charge in [0.1, 0.15) is 0 Å². The summed E-state index contributed by atoms with van der Waals surface area (Å²) in [6.07, 6.45) is -0.752. The lowest BCUT2D eigenvalue weighted by molar-refractivity contribution is -0.385. The van der Waals surface area contributed by atoms with Gasteiger partial charge in [-0.2, -0.15) is 0 Å². The number of benzene rings is 1. The van der Waals surface area contributed by atoms with E-state index >= 15 is 0 Å².